The molecule has 0 aromatic heterocycles. The van der Waals surface area contributed by atoms with Crippen LogP contribution in [-0.2, 0) is 14.3 Å². The molecule has 1 rings (SSSR count). The van der Waals surface area contributed by atoms with Crippen LogP contribution in [0, 0.1) is 11.8 Å². The zero-order valence-electron chi connectivity index (χ0n) is 11.2. The molecule has 1 aliphatic rings. The van der Waals surface area contributed by atoms with Crippen molar-refractivity contribution < 1.29 is 19.4 Å². The van der Waals surface area contributed by atoms with Crippen LogP contribution in [0.25, 0.3) is 0 Å². The smallest absolute Gasteiger partial charge is 0.307 e. The Bertz CT molecular complexity index is 293. The third kappa shape index (κ3) is 3.98. The van der Waals surface area contributed by atoms with Gasteiger partial charge in [-0.2, -0.15) is 0 Å². The van der Waals surface area contributed by atoms with E-state index in [1.165, 1.54) is 0 Å². The van der Waals surface area contributed by atoms with Gasteiger partial charge in [0.1, 0.15) is 0 Å². The number of likely N-dealkylation sites (N-methyl/N-ethyl adjacent to an activating group) is 1. The van der Waals surface area contributed by atoms with Gasteiger partial charge in [0.25, 0.3) is 0 Å². The summed E-state index contributed by atoms with van der Waals surface area (Å²) in [4.78, 5) is 25.0. The van der Waals surface area contributed by atoms with Crippen LogP contribution in [0.1, 0.15) is 32.6 Å². The monoisotopic (exact) mass is 257 g/mol. The summed E-state index contributed by atoms with van der Waals surface area (Å²) in [6.07, 6.45) is 3.16. The Hall–Kier alpha value is -1.10. The van der Waals surface area contributed by atoms with Crippen molar-refractivity contribution in [3.63, 3.8) is 0 Å². The molecule has 0 aromatic carbocycles. The zero-order valence-corrected chi connectivity index (χ0v) is 11.2. The van der Waals surface area contributed by atoms with E-state index in [4.69, 9.17) is 9.84 Å². The summed E-state index contributed by atoms with van der Waals surface area (Å²) in [6.45, 7) is 3.56. The summed E-state index contributed by atoms with van der Waals surface area (Å²) in [5, 5.41) is 9.16. The summed E-state index contributed by atoms with van der Waals surface area (Å²) in [5.41, 5.74) is 0. The minimum absolute atomic E-state index is 0.0539. The number of carbonyl (C=O) groups excluding carboxylic acids is 1. The molecule has 0 bridgehead atoms. The summed E-state index contributed by atoms with van der Waals surface area (Å²) < 4.78 is 5.21. The fourth-order valence-electron chi connectivity index (χ4n) is 2.46. The fourth-order valence-corrected chi connectivity index (χ4v) is 2.46. The average Bonchev–Trinajstić information content (AvgIpc) is 2.38. The molecule has 5 heteroatoms. The quantitative estimate of drug-likeness (QED) is 0.730. The van der Waals surface area contributed by atoms with Crippen molar-refractivity contribution in [2.75, 3.05) is 26.8 Å². The van der Waals surface area contributed by atoms with Crippen molar-refractivity contribution in [3.05, 3.63) is 0 Å². The van der Waals surface area contributed by atoms with Crippen LogP contribution < -0.4 is 0 Å². The topological polar surface area (TPSA) is 66.8 Å². The Balaban J connectivity index is 2.54. The van der Waals surface area contributed by atoms with Crippen LogP contribution >= 0.6 is 0 Å². The van der Waals surface area contributed by atoms with Crippen LogP contribution in [-0.4, -0.2) is 48.7 Å². The molecule has 18 heavy (non-hydrogen) atoms. The molecule has 5 nitrogen and oxygen atoms in total. The van der Waals surface area contributed by atoms with Gasteiger partial charge in [0, 0.05) is 20.2 Å². The number of hydrogen-bond acceptors (Lipinski definition) is 3. The highest BCUT2D eigenvalue weighted by molar-refractivity contribution is 5.84. The number of carboxylic acid groups (broad SMARTS) is 1. The van der Waals surface area contributed by atoms with E-state index in [0.29, 0.717) is 32.6 Å². The second kappa shape index (κ2) is 7.36. The van der Waals surface area contributed by atoms with E-state index in [9.17, 15) is 9.59 Å². The second-order valence-electron chi connectivity index (χ2n) is 4.79. The van der Waals surface area contributed by atoms with E-state index in [1.54, 1.807) is 11.9 Å². The Morgan fingerprint density at radius 1 is 1.28 bits per heavy atom. The first-order valence-corrected chi connectivity index (χ1v) is 6.63. The first kappa shape index (κ1) is 15.0. The highest BCUT2D eigenvalue weighted by atomic mass is 16.5. The van der Waals surface area contributed by atoms with E-state index < -0.39 is 11.9 Å². The molecule has 2 unspecified atom stereocenters. The van der Waals surface area contributed by atoms with E-state index >= 15 is 0 Å². The van der Waals surface area contributed by atoms with E-state index in [-0.39, 0.29) is 11.8 Å². The molecule has 104 valence electrons. The lowest BCUT2D eigenvalue weighted by Crippen LogP contribution is -2.41. The second-order valence-corrected chi connectivity index (χ2v) is 4.79. The normalized spacial score (nSPS) is 23.7. The van der Waals surface area contributed by atoms with Crippen LogP contribution in [0.15, 0.2) is 0 Å². The Labute approximate surface area is 108 Å². The Morgan fingerprint density at radius 3 is 2.44 bits per heavy atom. The Kier molecular flexibility index (Phi) is 6.12. The van der Waals surface area contributed by atoms with Gasteiger partial charge in [0.15, 0.2) is 0 Å². The van der Waals surface area contributed by atoms with Crippen LogP contribution in [0.5, 0.6) is 0 Å². The minimum Gasteiger partial charge on any atom is -0.481 e. The number of aliphatic carboxylic acids is 1. The number of amides is 1. The van der Waals surface area contributed by atoms with Crippen molar-refractivity contribution in [2.45, 2.75) is 32.6 Å². The Morgan fingerprint density at radius 2 is 1.89 bits per heavy atom. The molecule has 0 spiro atoms. The lowest BCUT2D eigenvalue weighted by atomic mass is 9.78. The van der Waals surface area contributed by atoms with Crippen molar-refractivity contribution in [1.29, 1.82) is 0 Å². The summed E-state index contributed by atoms with van der Waals surface area (Å²) in [5.74, 6) is -1.77. The summed E-state index contributed by atoms with van der Waals surface area (Å²) in [7, 11) is 1.72. The summed E-state index contributed by atoms with van der Waals surface area (Å²) in [6, 6.07) is 0. The van der Waals surface area contributed by atoms with Gasteiger partial charge in [-0.1, -0.05) is 12.8 Å². The third-order valence-corrected chi connectivity index (χ3v) is 3.55. The SMILES string of the molecule is CCOCCN(C)C(=O)C1CCCCC1C(=O)O. The van der Waals surface area contributed by atoms with Gasteiger partial charge >= 0.3 is 5.97 Å². The maximum atomic E-state index is 12.2. The predicted molar refractivity (Wildman–Crippen MR) is 67.2 cm³/mol. The number of hydrogen-bond donors (Lipinski definition) is 1. The third-order valence-electron chi connectivity index (χ3n) is 3.55. The molecule has 0 aromatic rings. The van der Waals surface area contributed by atoms with Crippen molar-refractivity contribution >= 4 is 11.9 Å². The molecular formula is C13H23NO4. The molecule has 0 radical (unpaired) electrons. The van der Waals surface area contributed by atoms with Gasteiger partial charge in [0.05, 0.1) is 18.4 Å². The van der Waals surface area contributed by atoms with Gasteiger partial charge in [-0.25, -0.2) is 0 Å². The molecule has 2 atom stereocenters. The van der Waals surface area contributed by atoms with Crippen molar-refractivity contribution in [1.82, 2.24) is 4.90 Å². The van der Waals surface area contributed by atoms with Crippen molar-refractivity contribution in [2.24, 2.45) is 11.8 Å². The molecule has 1 N–H and O–H groups in total. The summed E-state index contributed by atoms with van der Waals surface area (Å²) >= 11 is 0. The van der Waals surface area contributed by atoms with E-state index in [0.717, 1.165) is 12.8 Å². The fraction of sp³-hybridized carbons (Fsp3) is 0.846. The van der Waals surface area contributed by atoms with Gasteiger partial charge in [-0.15, -0.1) is 0 Å². The van der Waals surface area contributed by atoms with Crippen LogP contribution in [0.2, 0.25) is 0 Å². The molecule has 1 fully saturated rings. The largest absolute Gasteiger partial charge is 0.481 e. The minimum atomic E-state index is -0.841. The van der Waals surface area contributed by atoms with Gasteiger partial charge in [-0.05, 0) is 19.8 Å². The highest BCUT2D eigenvalue weighted by Gasteiger charge is 2.36. The lowest BCUT2D eigenvalue weighted by molar-refractivity contribution is -0.152. The highest BCUT2D eigenvalue weighted by Crippen LogP contribution is 2.31. The molecular weight excluding hydrogens is 234 g/mol. The van der Waals surface area contributed by atoms with Gasteiger partial charge in [-0.3, -0.25) is 9.59 Å². The number of carboxylic acids is 1. The van der Waals surface area contributed by atoms with E-state index in [1.807, 2.05) is 6.92 Å². The van der Waals surface area contributed by atoms with Crippen LogP contribution in [0.4, 0.5) is 0 Å². The molecule has 1 aliphatic carbocycles. The average molecular weight is 257 g/mol. The zero-order chi connectivity index (χ0) is 13.5. The number of carbonyl (C=O) groups is 2. The standard InChI is InChI=1S/C13H23NO4/c1-3-18-9-8-14(2)12(15)10-6-4-5-7-11(10)13(16)17/h10-11H,3-9H2,1-2H3,(H,16,17). The number of rotatable bonds is 6. The van der Waals surface area contributed by atoms with Crippen LogP contribution in [0.3, 0.4) is 0 Å². The maximum absolute atomic E-state index is 12.2. The van der Waals surface area contributed by atoms with Crippen molar-refractivity contribution in [3.8, 4) is 0 Å². The predicted octanol–water partition coefficient (Wildman–Crippen LogP) is 1.37. The van der Waals surface area contributed by atoms with E-state index in [2.05, 4.69) is 0 Å². The molecule has 1 saturated carbocycles. The lowest BCUT2D eigenvalue weighted by Gasteiger charge is -2.30. The van der Waals surface area contributed by atoms with Gasteiger partial charge < -0.3 is 14.7 Å². The molecule has 0 saturated heterocycles. The molecule has 0 aliphatic heterocycles. The maximum Gasteiger partial charge on any atom is 0.307 e. The first-order valence-electron chi connectivity index (χ1n) is 6.63. The number of ether oxygens (including phenoxy) is 1. The first-order chi connectivity index (χ1) is 8.57. The van der Waals surface area contributed by atoms with Gasteiger partial charge in [0.2, 0.25) is 5.91 Å². The number of nitrogens with zero attached hydrogens (tertiary/aromatic N) is 1. The molecule has 0 heterocycles. The molecule has 1 amide bonds.